The highest BCUT2D eigenvalue weighted by molar-refractivity contribution is 5.92. The van der Waals surface area contributed by atoms with E-state index in [1.165, 1.54) is 28.7 Å². The van der Waals surface area contributed by atoms with Crippen molar-refractivity contribution >= 4 is 27.8 Å². The molecule has 3 nitrogen and oxygen atoms in total. The maximum Gasteiger partial charge on any atom is 0.220 e. The van der Waals surface area contributed by atoms with Crippen LogP contribution in [0.4, 0.5) is 0 Å². The summed E-state index contributed by atoms with van der Waals surface area (Å²) >= 11 is 0. The molecule has 0 amide bonds. The first kappa shape index (κ1) is 21.2. The summed E-state index contributed by atoms with van der Waals surface area (Å²) in [5.74, 6) is 1.71. The number of nitrogens with zero attached hydrogens (tertiary/aromatic N) is 3. The highest BCUT2D eigenvalue weighted by atomic mass is 15.2. The summed E-state index contributed by atoms with van der Waals surface area (Å²) in [4.78, 5) is 5.02. The van der Waals surface area contributed by atoms with Crippen LogP contribution in [-0.2, 0) is 5.41 Å². The van der Waals surface area contributed by atoms with Gasteiger partial charge in [0.1, 0.15) is 0 Å². The number of hydrogen-bond donors (Lipinski definition) is 0. The molecular formula is C28H33N3. The third-order valence-electron chi connectivity index (χ3n) is 6.52. The Kier molecular flexibility index (Phi) is 5.62. The van der Waals surface area contributed by atoms with Gasteiger partial charge in [-0.1, -0.05) is 84.0 Å². The second-order valence-electron chi connectivity index (χ2n) is 8.10. The van der Waals surface area contributed by atoms with Gasteiger partial charge in [0, 0.05) is 0 Å². The predicted octanol–water partition coefficient (Wildman–Crippen LogP) is 7.78. The van der Waals surface area contributed by atoms with Crippen molar-refractivity contribution in [3.8, 4) is 5.69 Å². The quantitative estimate of drug-likeness (QED) is 0.291. The molecule has 3 aromatic carbocycles. The zero-order chi connectivity index (χ0) is 22.2. The van der Waals surface area contributed by atoms with Crippen molar-refractivity contribution in [2.45, 2.75) is 53.4 Å². The molecular weight excluding hydrogens is 378 g/mol. The molecule has 0 aliphatic heterocycles. The molecule has 1 fully saturated rings. The van der Waals surface area contributed by atoms with E-state index in [1.807, 2.05) is 27.7 Å². The Morgan fingerprint density at radius 1 is 0.774 bits per heavy atom. The summed E-state index contributed by atoms with van der Waals surface area (Å²) in [6, 6.07) is 25.9. The van der Waals surface area contributed by atoms with Crippen LogP contribution in [-0.4, -0.2) is 14.0 Å². The van der Waals surface area contributed by atoms with Gasteiger partial charge >= 0.3 is 0 Å². The molecule has 0 saturated heterocycles. The smallest absolute Gasteiger partial charge is 0.220 e. The van der Waals surface area contributed by atoms with Gasteiger partial charge in [-0.15, -0.1) is 0 Å². The largest absolute Gasteiger partial charge is 0.278 e. The molecule has 6 rings (SSSR count). The van der Waals surface area contributed by atoms with Crippen molar-refractivity contribution < 1.29 is 0 Å². The normalized spacial score (nSPS) is 19.6. The number of benzene rings is 3. The highest BCUT2D eigenvalue weighted by Gasteiger charge is 2.49. The van der Waals surface area contributed by atoms with E-state index in [0.29, 0.717) is 0 Å². The highest BCUT2D eigenvalue weighted by Crippen LogP contribution is 2.55. The second-order valence-corrected chi connectivity index (χ2v) is 8.10. The average Bonchev–Trinajstić information content (AvgIpc) is 3.16. The van der Waals surface area contributed by atoms with Crippen molar-refractivity contribution in [2.24, 2.45) is 5.92 Å². The van der Waals surface area contributed by atoms with E-state index in [9.17, 15) is 0 Å². The molecule has 0 radical (unpaired) electrons. The van der Waals surface area contributed by atoms with Crippen molar-refractivity contribution in [3.63, 3.8) is 0 Å². The predicted molar refractivity (Wildman–Crippen MR) is 133 cm³/mol. The molecule has 1 saturated carbocycles. The SMILES string of the molecule is CC.CC.CC1CC1(C)c1ccccc1-n1c2ccccc2n2c3ccccc3nc12. The fourth-order valence-electron chi connectivity index (χ4n) is 4.69. The molecule has 2 unspecified atom stereocenters. The Balaban J connectivity index is 0.000000549. The summed E-state index contributed by atoms with van der Waals surface area (Å²) in [6.45, 7) is 12.7. The first-order valence-electron chi connectivity index (χ1n) is 11.6. The van der Waals surface area contributed by atoms with Crippen LogP contribution in [0, 0.1) is 5.92 Å². The molecule has 5 aromatic rings. The van der Waals surface area contributed by atoms with Crippen LogP contribution in [0.15, 0.2) is 72.8 Å². The molecule has 0 bridgehead atoms. The zero-order valence-corrected chi connectivity index (χ0v) is 19.6. The summed E-state index contributed by atoms with van der Waals surface area (Å²) in [7, 11) is 0. The number of para-hydroxylation sites is 5. The lowest BCUT2D eigenvalue weighted by molar-refractivity contribution is 0.697. The van der Waals surface area contributed by atoms with E-state index in [-0.39, 0.29) is 5.41 Å². The minimum absolute atomic E-state index is 0.255. The number of hydrogen-bond acceptors (Lipinski definition) is 1. The zero-order valence-electron chi connectivity index (χ0n) is 19.6. The number of rotatable bonds is 2. The fraction of sp³-hybridized carbons (Fsp3) is 0.321. The molecule has 0 spiro atoms. The first-order valence-corrected chi connectivity index (χ1v) is 11.6. The van der Waals surface area contributed by atoms with Gasteiger partial charge in [-0.2, -0.15) is 0 Å². The van der Waals surface area contributed by atoms with E-state index in [1.54, 1.807) is 0 Å². The lowest BCUT2D eigenvalue weighted by Crippen LogP contribution is -2.09. The van der Waals surface area contributed by atoms with Gasteiger partial charge in [0.25, 0.3) is 0 Å². The topological polar surface area (TPSA) is 22.2 Å². The lowest BCUT2D eigenvalue weighted by atomic mass is 9.94. The maximum atomic E-state index is 5.02. The van der Waals surface area contributed by atoms with Crippen molar-refractivity contribution in [3.05, 3.63) is 78.4 Å². The molecule has 160 valence electrons. The van der Waals surface area contributed by atoms with E-state index in [2.05, 4.69) is 95.6 Å². The van der Waals surface area contributed by atoms with Gasteiger partial charge in [-0.3, -0.25) is 8.97 Å². The van der Waals surface area contributed by atoms with Crippen LogP contribution >= 0.6 is 0 Å². The van der Waals surface area contributed by atoms with Crippen molar-refractivity contribution in [1.29, 1.82) is 0 Å². The monoisotopic (exact) mass is 411 g/mol. The minimum Gasteiger partial charge on any atom is -0.278 e. The van der Waals surface area contributed by atoms with E-state index in [0.717, 1.165) is 22.7 Å². The molecule has 3 heteroatoms. The number of imidazole rings is 2. The Labute approximate surface area is 185 Å². The molecule has 2 heterocycles. The molecule has 2 atom stereocenters. The number of fused-ring (bicyclic) bond motifs is 5. The third kappa shape index (κ3) is 3.15. The Bertz CT molecular complexity index is 1340. The van der Waals surface area contributed by atoms with E-state index < -0.39 is 0 Å². The first-order chi connectivity index (χ1) is 15.2. The second kappa shape index (κ2) is 8.22. The van der Waals surface area contributed by atoms with E-state index >= 15 is 0 Å². The summed E-state index contributed by atoms with van der Waals surface area (Å²) in [5, 5.41) is 0. The van der Waals surface area contributed by atoms with Gasteiger partial charge in [-0.25, -0.2) is 4.98 Å². The van der Waals surface area contributed by atoms with Crippen molar-refractivity contribution in [2.75, 3.05) is 0 Å². The van der Waals surface area contributed by atoms with E-state index in [4.69, 9.17) is 4.98 Å². The van der Waals surface area contributed by atoms with Gasteiger partial charge in [0.15, 0.2) is 0 Å². The van der Waals surface area contributed by atoms with Crippen LogP contribution in [0.5, 0.6) is 0 Å². The Morgan fingerprint density at radius 2 is 1.32 bits per heavy atom. The fourth-order valence-corrected chi connectivity index (χ4v) is 4.69. The van der Waals surface area contributed by atoms with Crippen LogP contribution in [0.25, 0.3) is 33.5 Å². The summed E-state index contributed by atoms with van der Waals surface area (Å²) < 4.78 is 4.64. The molecule has 1 aliphatic carbocycles. The molecule has 31 heavy (non-hydrogen) atoms. The lowest BCUT2D eigenvalue weighted by Gasteiger charge is -2.17. The average molecular weight is 412 g/mol. The molecule has 2 aromatic heterocycles. The summed E-state index contributed by atoms with van der Waals surface area (Å²) in [6.07, 6.45) is 1.25. The molecule has 1 aliphatic rings. The maximum absolute atomic E-state index is 5.02. The van der Waals surface area contributed by atoms with Crippen LogP contribution < -0.4 is 0 Å². The van der Waals surface area contributed by atoms with Gasteiger partial charge in [0.2, 0.25) is 5.78 Å². The van der Waals surface area contributed by atoms with Gasteiger partial charge in [0.05, 0.1) is 27.8 Å². The Hall–Kier alpha value is -3.07. The van der Waals surface area contributed by atoms with Gasteiger partial charge < -0.3 is 0 Å². The Morgan fingerprint density at radius 3 is 2.00 bits per heavy atom. The summed E-state index contributed by atoms with van der Waals surface area (Å²) in [5.41, 5.74) is 7.53. The van der Waals surface area contributed by atoms with Crippen LogP contribution in [0.3, 0.4) is 0 Å². The van der Waals surface area contributed by atoms with Crippen molar-refractivity contribution in [1.82, 2.24) is 14.0 Å². The third-order valence-corrected chi connectivity index (χ3v) is 6.52. The number of aromatic nitrogens is 3. The van der Waals surface area contributed by atoms with Crippen LogP contribution in [0.1, 0.15) is 53.5 Å². The standard InChI is InChI=1S/C24H21N3.2C2H6/c1-16-15-24(16,2)17-9-3-5-11-19(17)26-21-13-7-8-14-22(21)27-20-12-6-4-10-18(20)25-23(26)27;2*1-2/h3-14,16H,15H2,1-2H3;2*1-2H3. The minimum atomic E-state index is 0.255. The van der Waals surface area contributed by atoms with Crippen LogP contribution in [0.2, 0.25) is 0 Å². The molecule has 0 N–H and O–H groups in total. The van der Waals surface area contributed by atoms with Gasteiger partial charge in [-0.05, 0) is 53.6 Å².